The molecule has 0 aliphatic heterocycles. The first-order valence-corrected chi connectivity index (χ1v) is 5.64. The number of hydrogen-bond donors (Lipinski definition) is 2. The van der Waals surface area contributed by atoms with Gasteiger partial charge in [-0.2, -0.15) is 0 Å². The van der Waals surface area contributed by atoms with Crippen molar-refractivity contribution in [2.45, 2.75) is 0 Å². The molecule has 0 radical (unpaired) electrons. The van der Waals surface area contributed by atoms with E-state index in [1.165, 1.54) is 11.1 Å². The quantitative estimate of drug-likeness (QED) is 0.475. The second-order valence-electron chi connectivity index (χ2n) is 3.07. The molecule has 2 N–H and O–H groups in total. The van der Waals surface area contributed by atoms with Crippen molar-refractivity contribution in [3.8, 4) is 11.1 Å². The molecule has 0 heterocycles. The Morgan fingerprint density at radius 3 is 1.29 bits per heavy atom. The molecule has 0 saturated carbocycles. The first-order chi connectivity index (χ1) is 7.70. The van der Waals surface area contributed by atoms with Crippen LogP contribution in [0.2, 0.25) is 0 Å². The van der Waals surface area contributed by atoms with Crippen molar-refractivity contribution < 1.29 is 0 Å². The summed E-state index contributed by atoms with van der Waals surface area (Å²) in [5.41, 5.74) is 7.26. The lowest BCUT2D eigenvalue weighted by Crippen LogP contribution is -1.94. The monoisotopic (exact) mass is 273 g/mol. The maximum absolute atomic E-state index is 4.71. The van der Waals surface area contributed by atoms with E-state index in [0.717, 1.165) is 0 Å². The highest BCUT2D eigenvalue weighted by molar-refractivity contribution is 8.10. The zero-order valence-electron chi connectivity index (χ0n) is 8.71. The van der Waals surface area contributed by atoms with Gasteiger partial charge in [-0.3, -0.25) is 0 Å². The number of benzene rings is 2. The third-order valence-electron chi connectivity index (χ3n) is 1.88. The van der Waals surface area contributed by atoms with E-state index in [1.54, 1.807) is 0 Å². The number of hydrogen-bond acceptors (Lipinski definition) is 1. The lowest BCUT2D eigenvalue weighted by molar-refractivity contribution is 1.62. The van der Waals surface area contributed by atoms with Gasteiger partial charge in [-0.05, 0) is 11.1 Å². The Morgan fingerprint density at radius 2 is 1.06 bits per heavy atom. The molecule has 2 rings (SSSR count). The summed E-state index contributed by atoms with van der Waals surface area (Å²) in [6.45, 7) is 0. The van der Waals surface area contributed by atoms with E-state index in [9.17, 15) is 0 Å². The van der Waals surface area contributed by atoms with Crippen LogP contribution in [0, 0.1) is 0 Å². The molecule has 0 aromatic heterocycles. The van der Waals surface area contributed by atoms with Crippen LogP contribution >= 0.6 is 24.8 Å². The van der Waals surface area contributed by atoms with E-state index in [-0.39, 0.29) is 27.4 Å². The molecule has 0 unspecified atom stereocenters. The second kappa shape index (κ2) is 9.47. The van der Waals surface area contributed by atoms with Gasteiger partial charge in [0.2, 0.25) is 0 Å². The first kappa shape index (κ1) is 16.4. The molecule has 0 fully saturated rings. The van der Waals surface area contributed by atoms with E-state index < -0.39 is 0 Å². The summed E-state index contributed by atoms with van der Waals surface area (Å²) in [5.74, 6) is 0. The maximum Gasteiger partial charge on any atom is 0.316 e. The van der Waals surface area contributed by atoms with Crippen LogP contribution in [0.4, 0.5) is 0 Å². The normalized spacial score (nSPS) is 8.29. The van der Waals surface area contributed by atoms with Crippen LogP contribution in [0.5, 0.6) is 0 Å². The molecule has 0 amide bonds. The van der Waals surface area contributed by atoms with Crippen LogP contribution in [0.1, 0.15) is 0 Å². The van der Waals surface area contributed by atoms with Gasteiger partial charge in [-0.25, -0.2) is 0 Å². The average molecular weight is 274 g/mol. The summed E-state index contributed by atoms with van der Waals surface area (Å²) in [4.78, 5) is 0. The summed E-state index contributed by atoms with van der Waals surface area (Å²) < 4.78 is 0.194. The molecule has 17 heavy (non-hydrogen) atoms. The molecule has 0 saturated heterocycles. The third kappa shape index (κ3) is 7.39. The zero-order valence-corrected chi connectivity index (χ0v) is 10.4. The van der Waals surface area contributed by atoms with Crippen molar-refractivity contribution >= 4 is 52.2 Å². The lowest BCUT2D eigenvalue weighted by Gasteiger charge is -1.98. The molecule has 86 valence electrons. The van der Waals surface area contributed by atoms with Gasteiger partial charge >= 0.3 is 23.1 Å². The number of thiol groups is 1. The molecule has 1 nitrogen and oxygen atoms in total. The van der Waals surface area contributed by atoms with Gasteiger partial charge in [0.05, 0.1) is 0 Å². The largest absolute Gasteiger partial charge is 0.385 e. The molecule has 2 aromatic carbocycles. The lowest BCUT2D eigenvalue weighted by atomic mass is 10.1. The molecule has 0 bridgehead atoms. The van der Waals surface area contributed by atoms with Gasteiger partial charge in [0.1, 0.15) is 4.32 Å². The van der Waals surface area contributed by atoms with E-state index >= 15 is 0 Å². The highest BCUT2D eigenvalue weighted by Crippen LogP contribution is 2.17. The van der Waals surface area contributed by atoms with Crippen LogP contribution in [-0.4, -0.2) is 27.4 Å². The predicted molar refractivity (Wildman–Crippen MR) is 86.2 cm³/mol. The smallest absolute Gasteiger partial charge is 0.316 e. The SMILES string of the molecule is NC(=S)S.[MgH2].c1ccc(-c2ccccc2)cc1. The minimum Gasteiger partial charge on any atom is -0.385 e. The first-order valence-electron chi connectivity index (χ1n) is 4.79. The summed E-state index contributed by atoms with van der Waals surface area (Å²) in [6.07, 6.45) is 0. The Bertz CT molecular complexity index is 390. The fraction of sp³-hybridized carbons (Fsp3) is 0. The van der Waals surface area contributed by atoms with Gasteiger partial charge in [-0.15, -0.1) is 12.6 Å². The summed E-state index contributed by atoms with van der Waals surface area (Å²) >= 11 is 7.65. The van der Waals surface area contributed by atoms with Crippen molar-refractivity contribution in [3.63, 3.8) is 0 Å². The highest BCUT2D eigenvalue weighted by Gasteiger charge is 1.91. The molecule has 0 atom stereocenters. The van der Waals surface area contributed by atoms with Gasteiger partial charge in [-0.1, -0.05) is 72.9 Å². The standard InChI is InChI=1S/C12H10.CH3NS2.Mg.2H/c1-3-7-11(8-4-1)12-9-5-2-6-10-12;2-1(3)4;;;/h1-10H;(H3,2,3,4);;;. The summed E-state index contributed by atoms with van der Waals surface area (Å²) in [7, 11) is 0. The van der Waals surface area contributed by atoms with Gasteiger partial charge in [0.25, 0.3) is 0 Å². The van der Waals surface area contributed by atoms with Crippen molar-refractivity contribution in [1.29, 1.82) is 0 Å². The molecule has 4 heteroatoms. The van der Waals surface area contributed by atoms with Crippen LogP contribution < -0.4 is 5.73 Å². The minimum absolute atomic E-state index is 0. The number of thiocarbonyl (C=S) groups is 1. The molecule has 0 spiro atoms. The molecule has 0 aliphatic rings. The fourth-order valence-corrected chi connectivity index (χ4v) is 1.26. The van der Waals surface area contributed by atoms with Crippen LogP contribution in [0.3, 0.4) is 0 Å². The van der Waals surface area contributed by atoms with Crippen LogP contribution in [0.15, 0.2) is 60.7 Å². The Morgan fingerprint density at radius 1 is 0.824 bits per heavy atom. The molecule has 2 aromatic rings. The summed E-state index contributed by atoms with van der Waals surface area (Å²) in [6, 6.07) is 20.8. The van der Waals surface area contributed by atoms with Crippen molar-refractivity contribution in [2.24, 2.45) is 5.73 Å². The van der Waals surface area contributed by atoms with Gasteiger partial charge in [0, 0.05) is 0 Å². The number of rotatable bonds is 1. The highest BCUT2D eigenvalue weighted by atomic mass is 32.1. The maximum atomic E-state index is 4.71. The van der Waals surface area contributed by atoms with E-state index in [4.69, 9.17) is 5.73 Å². The second-order valence-corrected chi connectivity index (χ2v) is 4.29. The van der Waals surface area contributed by atoms with Crippen molar-refractivity contribution in [2.75, 3.05) is 0 Å². The zero-order chi connectivity index (χ0) is 11.8. The van der Waals surface area contributed by atoms with Crippen LogP contribution in [0.25, 0.3) is 11.1 Å². The Kier molecular flexibility index (Phi) is 9.17. The Labute approximate surface area is 129 Å². The van der Waals surface area contributed by atoms with Crippen molar-refractivity contribution in [1.82, 2.24) is 0 Å². The Balaban J connectivity index is 0.000000453. The number of nitrogens with two attached hydrogens (primary N) is 1. The molecular weight excluding hydrogens is 259 g/mol. The van der Waals surface area contributed by atoms with E-state index in [1.807, 2.05) is 12.1 Å². The minimum atomic E-state index is 0. The fourth-order valence-electron chi connectivity index (χ4n) is 1.26. The van der Waals surface area contributed by atoms with E-state index in [0.29, 0.717) is 0 Å². The average Bonchev–Trinajstić information content (AvgIpc) is 2.31. The predicted octanol–water partition coefficient (Wildman–Crippen LogP) is 2.60. The molecule has 0 aliphatic carbocycles. The van der Waals surface area contributed by atoms with E-state index in [2.05, 4.69) is 73.4 Å². The summed E-state index contributed by atoms with van der Waals surface area (Å²) in [5, 5.41) is 0. The van der Waals surface area contributed by atoms with Gasteiger partial charge in [0.15, 0.2) is 0 Å². The Hall–Kier alpha value is -0.554. The topological polar surface area (TPSA) is 26.0 Å². The third-order valence-corrected chi connectivity index (χ3v) is 1.88. The molecular formula is C13H15MgNS2. The van der Waals surface area contributed by atoms with Gasteiger partial charge < -0.3 is 5.73 Å². The van der Waals surface area contributed by atoms with Crippen molar-refractivity contribution in [3.05, 3.63) is 60.7 Å². The van der Waals surface area contributed by atoms with Crippen LogP contribution in [-0.2, 0) is 0 Å².